The summed E-state index contributed by atoms with van der Waals surface area (Å²) in [5, 5.41) is 0. The van der Waals surface area contributed by atoms with E-state index in [1.165, 1.54) is 29.5 Å². The molecule has 0 aromatic heterocycles. The first-order valence-corrected chi connectivity index (χ1v) is 7.62. The van der Waals surface area contributed by atoms with Crippen LogP contribution >= 0.6 is 0 Å². The average Bonchev–Trinajstić information content (AvgIpc) is 2.53. The normalized spacial score (nSPS) is 13.2. The van der Waals surface area contributed by atoms with Crippen LogP contribution in [0.15, 0.2) is 66.7 Å². The summed E-state index contributed by atoms with van der Waals surface area (Å²) in [7, 11) is 0. The van der Waals surface area contributed by atoms with E-state index in [1.807, 2.05) is 0 Å². The SMILES string of the molecule is CCCC/C(=C/C(C)c1ccccc1)c1ccccc1. The first kappa shape index (κ1) is 14.6. The molecule has 0 aliphatic carbocycles. The van der Waals surface area contributed by atoms with E-state index in [1.54, 1.807) is 0 Å². The quantitative estimate of drug-likeness (QED) is 0.594. The van der Waals surface area contributed by atoms with Crippen LogP contribution in [0, 0.1) is 0 Å². The fourth-order valence-corrected chi connectivity index (χ4v) is 2.50. The van der Waals surface area contributed by atoms with E-state index < -0.39 is 0 Å². The Morgan fingerprint density at radius 1 is 0.950 bits per heavy atom. The van der Waals surface area contributed by atoms with Gasteiger partial charge in [-0.25, -0.2) is 0 Å². The Kier molecular flexibility index (Phi) is 5.61. The Balaban J connectivity index is 2.24. The number of hydrogen-bond acceptors (Lipinski definition) is 0. The van der Waals surface area contributed by atoms with Gasteiger partial charge in [-0.05, 0) is 35.5 Å². The van der Waals surface area contributed by atoms with Gasteiger partial charge in [0.05, 0.1) is 0 Å². The van der Waals surface area contributed by atoms with Gasteiger partial charge in [0.2, 0.25) is 0 Å². The van der Waals surface area contributed by atoms with Gasteiger partial charge < -0.3 is 0 Å². The van der Waals surface area contributed by atoms with Gasteiger partial charge >= 0.3 is 0 Å². The molecule has 0 spiro atoms. The molecule has 0 fully saturated rings. The topological polar surface area (TPSA) is 0 Å². The van der Waals surface area contributed by atoms with Gasteiger partial charge in [0.25, 0.3) is 0 Å². The lowest BCUT2D eigenvalue weighted by molar-refractivity contribution is 0.819. The van der Waals surface area contributed by atoms with Crippen molar-refractivity contribution in [2.24, 2.45) is 0 Å². The van der Waals surface area contributed by atoms with Crippen molar-refractivity contribution in [3.05, 3.63) is 77.9 Å². The summed E-state index contributed by atoms with van der Waals surface area (Å²) < 4.78 is 0. The van der Waals surface area contributed by atoms with Crippen molar-refractivity contribution < 1.29 is 0 Å². The molecule has 0 heterocycles. The van der Waals surface area contributed by atoms with Crippen LogP contribution in [-0.4, -0.2) is 0 Å². The summed E-state index contributed by atoms with van der Waals surface area (Å²) in [5.41, 5.74) is 4.23. The van der Waals surface area contributed by atoms with Crippen LogP contribution in [0.4, 0.5) is 0 Å². The first-order chi connectivity index (χ1) is 9.81. The summed E-state index contributed by atoms with van der Waals surface area (Å²) >= 11 is 0. The molecule has 0 radical (unpaired) electrons. The molecular formula is C20H24. The molecule has 0 N–H and O–H groups in total. The third kappa shape index (κ3) is 4.09. The van der Waals surface area contributed by atoms with Crippen LogP contribution in [-0.2, 0) is 0 Å². The Labute approximate surface area is 123 Å². The molecule has 0 nitrogen and oxygen atoms in total. The van der Waals surface area contributed by atoms with Crippen LogP contribution in [0.1, 0.15) is 50.2 Å². The average molecular weight is 264 g/mol. The Morgan fingerprint density at radius 2 is 1.55 bits per heavy atom. The molecule has 0 saturated carbocycles. The molecule has 2 rings (SSSR count). The zero-order chi connectivity index (χ0) is 14.2. The minimum atomic E-state index is 0.461. The highest BCUT2D eigenvalue weighted by molar-refractivity contribution is 5.66. The third-order valence-corrected chi connectivity index (χ3v) is 3.72. The molecule has 20 heavy (non-hydrogen) atoms. The maximum Gasteiger partial charge on any atom is -0.000441 e. The predicted molar refractivity (Wildman–Crippen MR) is 88.8 cm³/mol. The van der Waals surface area contributed by atoms with E-state index in [9.17, 15) is 0 Å². The monoisotopic (exact) mass is 264 g/mol. The van der Waals surface area contributed by atoms with Gasteiger partial charge in [0.1, 0.15) is 0 Å². The maximum absolute atomic E-state index is 2.43. The molecule has 0 heteroatoms. The van der Waals surface area contributed by atoms with Crippen LogP contribution in [0.2, 0.25) is 0 Å². The fourth-order valence-electron chi connectivity index (χ4n) is 2.50. The van der Waals surface area contributed by atoms with E-state index in [0.29, 0.717) is 5.92 Å². The van der Waals surface area contributed by atoms with E-state index in [2.05, 4.69) is 80.6 Å². The summed E-state index contributed by atoms with van der Waals surface area (Å²) in [6, 6.07) is 21.5. The van der Waals surface area contributed by atoms with Crippen molar-refractivity contribution in [1.29, 1.82) is 0 Å². The lowest BCUT2D eigenvalue weighted by atomic mass is 9.93. The van der Waals surface area contributed by atoms with Crippen LogP contribution in [0.3, 0.4) is 0 Å². The number of allylic oxidation sites excluding steroid dienone is 2. The minimum absolute atomic E-state index is 0.461. The highest BCUT2D eigenvalue weighted by Crippen LogP contribution is 2.26. The van der Waals surface area contributed by atoms with Gasteiger partial charge in [-0.2, -0.15) is 0 Å². The minimum Gasteiger partial charge on any atom is -0.0735 e. The van der Waals surface area contributed by atoms with E-state index in [-0.39, 0.29) is 0 Å². The van der Waals surface area contributed by atoms with Gasteiger partial charge in [0.15, 0.2) is 0 Å². The third-order valence-electron chi connectivity index (χ3n) is 3.72. The van der Waals surface area contributed by atoms with Gasteiger partial charge in [-0.15, -0.1) is 0 Å². The summed E-state index contributed by atoms with van der Waals surface area (Å²) in [6.45, 7) is 4.54. The fraction of sp³-hybridized carbons (Fsp3) is 0.300. The van der Waals surface area contributed by atoms with Gasteiger partial charge in [0, 0.05) is 0 Å². The first-order valence-electron chi connectivity index (χ1n) is 7.62. The van der Waals surface area contributed by atoms with Gasteiger partial charge in [-0.3, -0.25) is 0 Å². The Hall–Kier alpha value is -1.82. The van der Waals surface area contributed by atoms with Crippen molar-refractivity contribution in [2.75, 3.05) is 0 Å². The van der Waals surface area contributed by atoms with E-state index in [4.69, 9.17) is 0 Å². The second-order valence-electron chi connectivity index (χ2n) is 5.36. The highest BCUT2D eigenvalue weighted by Gasteiger charge is 2.06. The van der Waals surface area contributed by atoms with Crippen LogP contribution in [0.5, 0.6) is 0 Å². The largest absolute Gasteiger partial charge is 0.0735 e. The molecule has 1 atom stereocenters. The molecule has 0 bridgehead atoms. The van der Waals surface area contributed by atoms with Crippen molar-refractivity contribution in [3.8, 4) is 0 Å². The van der Waals surface area contributed by atoms with Crippen molar-refractivity contribution in [3.63, 3.8) is 0 Å². The maximum atomic E-state index is 2.43. The summed E-state index contributed by atoms with van der Waals surface area (Å²) in [5.74, 6) is 0.461. The second-order valence-corrected chi connectivity index (χ2v) is 5.36. The molecular weight excluding hydrogens is 240 g/mol. The molecule has 2 aromatic rings. The molecule has 0 saturated heterocycles. The number of benzene rings is 2. The number of rotatable bonds is 6. The van der Waals surface area contributed by atoms with Crippen molar-refractivity contribution >= 4 is 5.57 Å². The highest BCUT2D eigenvalue weighted by atomic mass is 14.1. The van der Waals surface area contributed by atoms with E-state index in [0.717, 1.165) is 6.42 Å². The zero-order valence-electron chi connectivity index (χ0n) is 12.5. The second kappa shape index (κ2) is 7.69. The van der Waals surface area contributed by atoms with Gasteiger partial charge in [-0.1, -0.05) is 87.0 Å². The smallest absolute Gasteiger partial charge is 0.000441 e. The predicted octanol–water partition coefficient (Wildman–Crippen LogP) is 6.06. The lowest BCUT2D eigenvalue weighted by Gasteiger charge is -2.12. The zero-order valence-corrected chi connectivity index (χ0v) is 12.5. The Morgan fingerprint density at radius 3 is 2.15 bits per heavy atom. The Bertz CT molecular complexity index is 522. The standard InChI is InChI=1S/C20H24/c1-3-4-11-20(19-14-9-6-10-15-19)16-17(2)18-12-7-5-8-13-18/h5-10,12-17H,3-4,11H2,1-2H3/b20-16-. The van der Waals surface area contributed by atoms with E-state index >= 15 is 0 Å². The lowest BCUT2D eigenvalue weighted by Crippen LogP contribution is -1.93. The molecule has 0 amide bonds. The summed E-state index contributed by atoms with van der Waals surface area (Å²) in [4.78, 5) is 0. The number of hydrogen-bond donors (Lipinski definition) is 0. The molecule has 0 aliphatic rings. The molecule has 104 valence electrons. The molecule has 2 aromatic carbocycles. The van der Waals surface area contributed by atoms with Crippen LogP contribution < -0.4 is 0 Å². The molecule has 0 aliphatic heterocycles. The summed E-state index contributed by atoms with van der Waals surface area (Å²) in [6.07, 6.45) is 6.09. The molecule has 1 unspecified atom stereocenters. The van der Waals surface area contributed by atoms with Crippen molar-refractivity contribution in [2.45, 2.75) is 39.0 Å². The van der Waals surface area contributed by atoms with Crippen molar-refractivity contribution in [1.82, 2.24) is 0 Å². The van der Waals surface area contributed by atoms with Crippen LogP contribution in [0.25, 0.3) is 5.57 Å². The number of unbranched alkanes of at least 4 members (excludes halogenated alkanes) is 1.